The van der Waals surface area contributed by atoms with Gasteiger partial charge in [-0.3, -0.25) is 9.35 Å². The number of fused-ring (bicyclic) bond motifs is 1. The molecular formula is C14H18O7S. The molecule has 0 amide bonds. The predicted octanol–water partition coefficient (Wildman–Crippen LogP) is 1.19. The number of aliphatic hydroxyl groups is 1. The monoisotopic (exact) mass is 330 g/mol. The Morgan fingerprint density at radius 3 is 2.59 bits per heavy atom. The zero-order chi connectivity index (χ0) is 16.7. The maximum absolute atomic E-state index is 12.2. The maximum atomic E-state index is 12.2. The van der Waals surface area contributed by atoms with Crippen molar-refractivity contribution in [2.24, 2.45) is 0 Å². The molecule has 0 saturated heterocycles. The molecule has 0 spiro atoms. The number of benzene rings is 1. The number of rotatable bonds is 4. The average Bonchev–Trinajstić information content (AvgIpc) is 2.37. The molecule has 1 aliphatic heterocycles. The number of hydrogen-bond acceptors (Lipinski definition) is 6. The topological polar surface area (TPSA) is 110 Å². The van der Waals surface area contributed by atoms with Crippen molar-refractivity contribution in [3.05, 3.63) is 23.3 Å². The van der Waals surface area contributed by atoms with E-state index in [2.05, 4.69) is 0 Å². The van der Waals surface area contributed by atoms with E-state index in [9.17, 15) is 18.3 Å². The van der Waals surface area contributed by atoms with Crippen LogP contribution in [0.25, 0.3) is 0 Å². The highest BCUT2D eigenvalue weighted by molar-refractivity contribution is 7.86. The zero-order valence-corrected chi connectivity index (χ0v) is 13.3. The molecule has 2 N–H and O–H groups in total. The standard InChI is InChI=1S/C14H18O7S/c1-14(2)7-10(15)8-4-5-11(20-3)9(13(8)21-14)6-12(16)22(17,18)19/h4-5,12,16H,6-7H2,1-3H3,(H,17,18,19). The molecule has 0 saturated carbocycles. The Morgan fingerprint density at radius 2 is 2.05 bits per heavy atom. The molecule has 8 heteroatoms. The summed E-state index contributed by atoms with van der Waals surface area (Å²) in [5, 5.41) is 9.62. The SMILES string of the molecule is COc1ccc2c(c1CC(O)S(=O)(=O)O)OC(C)(C)CC2=O. The summed E-state index contributed by atoms with van der Waals surface area (Å²) in [5.74, 6) is 0.312. The van der Waals surface area contributed by atoms with Crippen molar-refractivity contribution in [3.63, 3.8) is 0 Å². The molecule has 0 bridgehead atoms. The van der Waals surface area contributed by atoms with Crippen LogP contribution in [0, 0.1) is 0 Å². The van der Waals surface area contributed by atoms with Crippen LogP contribution in [-0.2, 0) is 16.5 Å². The minimum Gasteiger partial charge on any atom is -0.496 e. The molecule has 1 aromatic carbocycles. The molecule has 122 valence electrons. The van der Waals surface area contributed by atoms with Crippen molar-refractivity contribution in [1.29, 1.82) is 0 Å². The van der Waals surface area contributed by atoms with Gasteiger partial charge in [0, 0.05) is 12.0 Å². The van der Waals surface area contributed by atoms with Crippen molar-refractivity contribution in [3.8, 4) is 11.5 Å². The van der Waals surface area contributed by atoms with E-state index < -0.39 is 27.6 Å². The first-order valence-corrected chi connectivity index (χ1v) is 8.12. The van der Waals surface area contributed by atoms with E-state index in [1.807, 2.05) is 0 Å². The van der Waals surface area contributed by atoms with Gasteiger partial charge in [-0.2, -0.15) is 8.42 Å². The molecular weight excluding hydrogens is 312 g/mol. The highest BCUT2D eigenvalue weighted by Gasteiger charge is 2.36. The van der Waals surface area contributed by atoms with Crippen LogP contribution in [0.5, 0.6) is 11.5 Å². The van der Waals surface area contributed by atoms with Gasteiger partial charge in [0.1, 0.15) is 17.1 Å². The van der Waals surface area contributed by atoms with Gasteiger partial charge in [-0.25, -0.2) is 0 Å². The summed E-state index contributed by atoms with van der Waals surface area (Å²) < 4.78 is 42.0. The van der Waals surface area contributed by atoms with Gasteiger partial charge in [0.15, 0.2) is 11.2 Å². The van der Waals surface area contributed by atoms with E-state index in [1.54, 1.807) is 13.8 Å². The van der Waals surface area contributed by atoms with Crippen molar-refractivity contribution < 1.29 is 32.3 Å². The lowest BCUT2D eigenvalue weighted by Gasteiger charge is -2.33. The van der Waals surface area contributed by atoms with Gasteiger partial charge in [-0.05, 0) is 26.0 Å². The summed E-state index contributed by atoms with van der Waals surface area (Å²) in [6.07, 6.45) is -0.263. The van der Waals surface area contributed by atoms with E-state index in [0.29, 0.717) is 5.56 Å². The van der Waals surface area contributed by atoms with Crippen molar-refractivity contribution in [2.45, 2.75) is 37.7 Å². The summed E-state index contributed by atoms with van der Waals surface area (Å²) >= 11 is 0. The maximum Gasteiger partial charge on any atom is 0.292 e. The number of carbonyl (C=O) groups excluding carboxylic acids is 1. The van der Waals surface area contributed by atoms with Crippen LogP contribution >= 0.6 is 0 Å². The van der Waals surface area contributed by atoms with Crippen LogP contribution in [-0.4, -0.2) is 42.0 Å². The molecule has 7 nitrogen and oxygen atoms in total. The Labute approximate surface area is 128 Å². The van der Waals surface area contributed by atoms with E-state index in [0.717, 1.165) is 0 Å². The normalized spacial score (nSPS) is 18.3. The third kappa shape index (κ3) is 3.23. The number of hydrogen-bond donors (Lipinski definition) is 2. The van der Waals surface area contributed by atoms with Crippen molar-refractivity contribution in [1.82, 2.24) is 0 Å². The van der Waals surface area contributed by atoms with Crippen LogP contribution in [0.1, 0.15) is 36.2 Å². The summed E-state index contributed by atoms with van der Waals surface area (Å²) in [4.78, 5) is 12.2. The number of Topliss-reactive ketones (excluding diaryl/α,β-unsaturated/α-hetero) is 1. The van der Waals surface area contributed by atoms with Crippen LogP contribution in [0.4, 0.5) is 0 Å². The number of methoxy groups -OCH3 is 1. The molecule has 0 fully saturated rings. The number of carbonyl (C=O) groups is 1. The van der Waals surface area contributed by atoms with Gasteiger partial charge in [0.2, 0.25) is 0 Å². The van der Waals surface area contributed by atoms with Crippen molar-refractivity contribution in [2.75, 3.05) is 7.11 Å². The third-order valence-corrected chi connectivity index (χ3v) is 4.28. The quantitative estimate of drug-likeness (QED) is 0.798. The van der Waals surface area contributed by atoms with Crippen LogP contribution < -0.4 is 9.47 Å². The fourth-order valence-corrected chi connectivity index (χ4v) is 2.78. The Hall–Kier alpha value is -1.64. The summed E-state index contributed by atoms with van der Waals surface area (Å²) in [6, 6.07) is 3.04. The lowest BCUT2D eigenvalue weighted by molar-refractivity contribution is 0.0608. The molecule has 0 radical (unpaired) electrons. The summed E-state index contributed by atoms with van der Waals surface area (Å²) in [7, 11) is -3.26. The highest BCUT2D eigenvalue weighted by atomic mass is 32.2. The molecule has 0 aromatic heterocycles. The lowest BCUT2D eigenvalue weighted by Crippen LogP contribution is -2.37. The molecule has 1 atom stereocenters. The molecule has 22 heavy (non-hydrogen) atoms. The third-order valence-electron chi connectivity index (χ3n) is 3.43. The Morgan fingerprint density at radius 1 is 1.41 bits per heavy atom. The first kappa shape index (κ1) is 16.7. The summed E-state index contributed by atoms with van der Waals surface area (Å²) in [5.41, 5.74) is -2.26. The van der Waals surface area contributed by atoms with Gasteiger partial charge >= 0.3 is 0 Å². The number of ketones is 1. The minimum atomic E-state index is -4.64. The van der Waals surface area contributed by atoms with Gasteiger partial charge in [-0.15, -0.1) is 0 Å². The number of ether oxygens (including phenoxy) is 2. The van der Waals surface area contributed by atoms with E-state index >= 15 is 0 Å². The fraction of sp³-hybridized carbons (Fsp3) is 0.500. The van der Waals surface area contributed by atoms with Crippen LogP contribution in [0.2, 0.25) is 0 Å². The molecule has 1 aliphatic rings. The second-order valence-corrected chi connectivity index (χ2v) is 7.33. The first-order valence-electron chi connectivity index (χ1n) is 6.61. The number of aliphatic hydroxyl groups excluding tert-OH is 1. The van der Waals surface area contributed by atoms with Crippen LogP contribution in [0.3, 0.4) is 0 Å². The van der Waals surface area contributed by atoms with Crippen LogP contribution in [0.15, 0.2) is 12.1 Å². The predicted molar refractivity (Wildman–Crippen MR) is 77.9 cm³/mol. The first-order chi connectivity index (χ1) is 10.0. The van der Waals surface area contributed by atoms with Gasteiger partial charge in [0.05, 0.1) is 19.1 Å². The Bertz CT molecular complexity index is 706. The molecule has 2 rings (SSSR count). The lowest BCUT2D eigenvalue weighted by atomic mass is 9.90. The van der Waals surface area contributed by atoms with Gasteiger partial charge in [0.25, 0.3) is 10.1 Å². The van der Waals surface area contributed by atoms with E-state index in [-0.39, 0.29) is 29.3 Å². The van der Waals surface area contributed by atoms with Crippen molar-refractivity contribution >= 4 is 15.9 Å². The summed E-state index contributed by atoms with van der Waals surface area (Å²) in [6.45, 7) is 3.46. The zero-order valence-electron chi connectivity index (χ0n) is 12.5. The molecule has 1 aromatic rings. The second kappa shape index (κ2) is 5.53. The van der Waals surface area contributed by atoms with E-state index in [1.165, 1.54) is 19.2 Å². The average molecular weight is 330 g/mol. The highest BCUT2D eigenvalue weighted by Crippen LogP contribution is 2.40. The fourth-order valence-electron chi connectivity index (χ4n) is 2.40. The molecule has 1 unspecified atom stereocenters. The minimum absolute atomic E-state index is 0.142. The smallest absolute Gasteiger partial charge is 0.292 e. The Kier molecular flexibility index (Phi) is 4.20. The van der Waals surface area contributed by atoms with Gasteiger partial charge in [-0.1, -0.05) is 0 Å². The largest absolute Gasteiger partial charge is 0.496 e. The van der Waals surface area contributed by atoms with Gasteiger partial charge < -0.3 is 14.6 Å². The molecule has 0 aliphatic carbocycles. The Balaban J connectivity index is 2.57. The molecule has 1 heterocycles. The van der Waals surface area contributed by atoms with E-state index in [4.69, 9.17) is 14.0 Å². The second-order valence-electron chi connectivity index (χ2n) is 5.76.